The average molecular weight is 345 g/mol. The molecular formula is C20H31N3O2. The molecule has 2 atom stereocenters. The van der Waals surface area contributed by atoms with Crippen molar-refractivity contribution in [2.24, 2.45) is 11.7 Å². The summed E-state index contributed by atoms with van der Waals surface area (Å²) in [5, 5.41) is 2.71. The molecule has 1 aliphatic rings. The van der Waals surface area contributed by atoms with E-state index in [1.807, 2.05) is 18.7 Å². The number of fused-ring (bicyclic) bond motifs is 1. The minimum Gasteiger partial charge on any atom is -0.346 e. The molecule has 0 fully saturated rings. The molecule has 1 aliphatic carbocycles. The van der Waals surface area contributed by atoms with Crippen molar-refractivity contribution in [1.82, 2.24) is 10.2 Å². The van der Waals surface area contributed by atoms with Gasteiger partial charge in [-0.05, 0) is 42.7 Å². The predicted molar refractivity (Wildman–Crippen MR) is 100 cm³/mol. The number of nitrogens with zero attached hydrogens (tertiary/aromatic N) is 1. The summed E-state index contributed by atoms with van der Waals surface area (Å²) in [7, 11) is 0. The Hall–Kier alpha value is -1.88. The molecule has 5 heteroatoms. The Labute approximate surface area is 151 Å². The molecule has 0 radical (unpaired) electrons. The fourth-order valence-corrected chi connectivity index (χ4v) is 3.38. The van der Waals surface area contributed by atoms with Crippen LogP contribution in [0.3, 0.4) is 0 Å². The lowest BCUT2D eigenvalue weighted by atomic mass is 9.87. The Morgan fingerprint density at radius 1 is 1.28 bits per heavy atom. The van der Waals surface area contributed by atoms with Crippen molar-refractivity contribution in [2.75, 3.05) is 13.1 Å². The number of hydrogen-bond donors (Lipinski definition) is 2. The van der Waals surface area contributed by atoms with E-state index in [1.54, 1.807) is 0 Å². The average Bonchev–Trinajstić information content (AvgIpc) is 2.62. The third-order valence-corrected chi connectivity index (χ3v) is 4.98. The number of rotatable bonds is 7. The maximum Gasteiger partial charge on any atom is 0.242 e. The van der Waals surface area contributed by atoms with E-state index in [4.69, 9.17) is 5.73 Å². The van der Waals surface area contributed by atoms with Crippen LogP contribution in [0, 0.1) is 5.92 Å². The number of nitrogens with two attached hydrogens (primary N) is 1. The third-order valence-electron chi connectivity index (χ3n) is 4.98. The van der Waals surface area contributed by atoms with Crippen molar-refractivity contribution in [3.05, 3.63) is 35.4 Å². The third kappa shape index (κ3) is 5.05. The van der Waals surface area contributed by atoms with Crippen LogP contribution in [-0.2, 0) is 22.4 Å². The second-order valence-electron chi connectivity index (χ2n) is 7.24. The monoisotopic (exact) mass is 345 g/mol. The highest BCUT2D eigenvalue weighted by Crippen LogP contribution is 2.24. The van der Waals surface area contributed by atoms with Gasteiger partial charge in [0.15, 0.2) is 0 Å². The van der Waals surface area contributed by atoms with Crippen molar-refractivity contribution in [3.63, 3.8) is 0 Å². The van der Waals surface area contributed by atoms with Gasteiger partial charge in [0.2, 0.25) is 11.8 Å². The first kappa shape index (κ1) is 19.4. The molecule has 1 aromatic rings. The van der Waals surface area contributed by atoms with Crippen molar-refractivity contribution < 1.29 is 9.59 Å². The Bertz CT molecular complexity index is 600. The zero-order valence-electron chi connectivity index (χ0n) is 15.6. The van der Waals surface area contributed by atoms with Gasteiger partial charge in [-0.15, -0.1) is 0 Å². The summed E-state index contributed by atoms with van der Waals surface area (Å²) in [6.07, 6.45) is 3.77. The highest BCUT2D eigenvalue weighted by atomic mass is 16.2. The van der Waals surface area contributed by atoms with Crippen LogP contribution < -0.4 is 11.1 Å². The van der Waals surface area contributed by atoms with Crippen LogP contribution in [0.1, 0.15) is 44.7 Å². The molecule has 5 nitrogen and oxygen atoms in total. The van der Waals surface area contributed by atoms with E-state index >= 15 is 0 Å². The molecule has 3 N–H and O–H groups in total. The summed E-state index contributed by atoms with van der Waals surface area (Å²) in [5.41, 5.74) is 8.56. The zero-order chi connectivity index (χ0) is 18.4. The number of amides is 2. The van der Waals surface area contributed by atoms with Gasteiger partial charge in [-0.1, -0.05) is 45.0 Å². The van der Waals surface area contributed by atoms with Gasteiger partial charge in [0.1, 0.15) is 0 Å². The van der Waals surface area contributed by atoms with E-state index in [-0.39, 0.29) is 30.3 Å². The topological polar surface area (TPSA) is 75.4 Å². The van der Waals surface area contributed by atoms with Crippen LogP contribution in [0.5, 0.6) is 0 Å². The number of nitrogens with one attached hydrogen (secondary N) is 1. The minimum absolute atomic E-state index is 0.0180. The van der Waals surface area contributed by atoms with Crippen molar-refractivity contribution in [1.29, 1.82) is 0 Å². The lowest BCUT2D eigenvalue weighted by Gasteiger charge is -2.35. The maximum atomic E-state index is 12.7. The summed E-state index contributed by atoms with van der Waals surface area (Å²) in [6, 6.07) is 8.08. The van der Waals surface area contributed by atoms with Gasteiger partial charge >= 0.3 is 0 Å². The molecule has 0 aliphatic heterocycles. The van der Waals surface area contributed by atoms with Crippen LogP contribution >= 0.6 is 0 Å². The lowest BCUT2D eigenvalue weighted by Crippen LogP contribution is -2.51. The number of carbonyl (C=O) groups is 2. The van der Waals surface area contributed by atoms with Crippen molar-refractivity contribution >= 4 is 11.8 Å². The molecule has 0 bridgehead atoms. The van der Waals surface area contributed by atoms with Crippen LogP contribution in [0.2, 0.25) is 0 Å². The Morgan fingerprint density at radius 2 is 1.96 bits per heavy atom. The van der Waals surface area contributed by atoms with E-state index in [9.17, 15) is 9.59 Å². The molecule has 2 amide bonds. The lowest BCUT2D eigenvalue weighted by molar-refractivity contribution is -0.135. The largest absolute Gasteiger partial charge is 0.346 e. The van der Waals surface area contributed by atoms with Crippen LogP contribution in [-0.4, -0.2) is 41.9 Å². The van der Waals surface area contributed by atoms with E-state index in [2.05, 4.69) is 36.5 Å². The van der Waals surface area contributed by atoms with Gasteiger partial charge in [-0.25, -0.2) is 0 Å². The van der Waals surface area contributed by atoms with E-state index in [0.717, 1.165) is 32.2 Å². The first-order chi connectivity index (χ1) is 11.9. The summed E-state index contributed by atoms with van der Waals surface area (Å²) in [4.78, 5) is 26.7. The molecule has 1 aromatic carbocycles. The Kier molecular flexibility index (Phi) is 7.00. The molecule has 138 valence electrons. The fourth-order valence-electron chi connectivity index (χ4n) is 3.38. The standard InChI is InChI=1S/C20H31N3O2/c1-4-11-23(18(24)13-22-20(25)19(21)14(2)3)17-10-9-15-7-5-6-8-16(15)12-17/h5-8,14,17,19H,4,9-13,21H2,1-3H3,(H,22,25)/t17?,19-/m0/s1. The maximum absolute atomic E-state index is 12.7. The smallest absolute Gasteiger partial charge is 0.242 e. The molecule has 25 heavy (non-hydrogen) atoms. The van der Waals surface area contributed by atoms with Gasteiger partial charge in [-0.3, -0.25) is 9.59 Å². The van der Waals surface area contributed by atoms with Gasteiger partial charge in [0.05, 0.1) is 12.6 Å². The number of carbonyl (C=O) groups excluding carboxylic acids is 2. The first-order valence-corrected chi connectivity index (χ1v) is 9.33. The van der Waals surface area contributed by atoms with E-state index in [1.165, 1.54) is 11.1 Å². The molecule has 0 saturated heterocycles. The van der Waals surface area contributed by atoms with Gasteiger partial charge in [0.25, 0.3) is 0 Å². The molecule has 1 unspecified atom stereocenters. The molecule has 2 rings (SSSR count). The molecular weight excluding hydrogens is 314 g/mol. The highest BCUT2D eigenvalue weighted by Gasteiger charge is 2.27. The van der Waals surface area contributed by atoms with Crippen LogP contribution in [0.15, 0.2) is 24.3 Å². The van der Waals surface area contributed by atoms with Crippen LogP contribution in [0.25, 0.3) is 0 Å². The molecule has 0 saturated carbocycles. The van der Waals surface area contributed by atoms with Crippen molar-refractivity contribution in [2.45, 2.75) is 58.5 Å². The number of aryl methyl sites for hydroxylation is 1. The summed E-state index contributed by atoms with van der Waals surface area (Å²) in [5.74, 6) is -0.221. The normalized spacial score (nSPS) is 17.7. The minimum atomic E-state index is -0.575. The number of hydrogen-bond acceptors (Lipinski definition) is 3. The first-order valence-electron chi connectivity index (χ1n) is 9.33. The summed E-state index contributed by atoms with van der Waals surface area (Å²) >= 11 is 0. The van der Waals surface area contributed by atoms with E-state index < -0.39 is 6.04 Å². The molecule has 0 spiro atoms. The predicted octanol–water partition coefficient (Wildman–Crippen LogP) is 1.88. The summed E-state index contributed by atoms with van der Waals surface area (Å²) in [6.45, 7) is 6.61. The van der Waals surface area contributed by atoms with Crippen molar-refractivity contribution in [3.8, 4) is 0 Å². The second kappa shape index (κ2) is 8.99. The summed E-state index contributed by atoms with van der Waals surface area (Å²) < 4.78 is 0. The number of benzene rings is 1. The SMILES string of the molecule is CCCN(C(=O)CNC(=O)[C@@H](N)C(C)C)C1CCc2ccccc2C1. The second-order valence-corrected chi connectivity index (χ2v) is 7.24. The fraction of sp³-hybridized carbons (Fsp3) is 0.600. The van der Waals surface area contributed by atoms with E-state index in [0.29, 0.717) is 0 Å². The quantitative estimate of drug-likeness (QED) is 0.792. The zero-order valence-corrected chi connectivity index (χ0v) is 15.6. The highest BCUT2D eigenvalue weighted by molar-refractivity contribution is 5.87. The molecule has 0 heterocycles. The Morgan fingerprint density at radius 3 is 2.60 bits per heavy atom. The Balaban J connectivity index is 1.98. The van der Waals surface area contributed by atoms with Crippen LogP contribution in [0.4, 0.5) is 0 Å². The van der Waals surface area contributed by atoms with Gasteiger partial charge in [-0.2, -0.15) is 0 Å². The van der Waals surface area contributed by atoms with Gasteiger partial charge < -0.3 is 16.0 Å². The van der Waals surface area contributed by atoms with Gasteiger partial charge in [0, 0.05) is 12.6 Å². The molecule has 0 aromatic heterocycles.